The average molecular weight is 697 g/mol. The number of rotatable bonds is 20. The summed E-state index contributed by atoms with van der Waals surface area (Å²) in [4.78, 5) is 65.3. The summed E-state index contributed by atoms with van der Waals surface area (Å²) in [5.74, 6) is -3.10. The Bertz CT molecular complexity index is 1340. The maximum absolute atomic E-state index is 13.6. The summed E-state index contributed by atoms with van der Waals surface area (Å²) in [5.41, 5.74) is 0.117. The number of amides is 5. The molecule has 1 rings (SSSR count). The maximum Gasteiger partial charge on any atom is 0.251 e. The molecule has 0 aromatic heterocycles. The SMILES string of the molecule is CCC[C@H](NC(=O)[C@@H](NC(=O)c1ccc(S(N)(=O)=O)cc1)[C@@H](C)CC)C(=O)N[C@@H](CC(C)C)[C@@H](O)CC(=O)N[C@H](C(=O)NCC)C(C)C. The van der Waals surface area contributed by atoms with E-state index in [1.165, 1.54) is 24.3 Å². The lowest BCUT2D eigenvalue weighted by molar-refractivity contribution is -0.133. The molecule has 0 saturated heterocycles. The molecule has 272 valence electrons. The van der Waals surface area contributed by atoms with E-state index >= 15 is 0 Å². The predicted molar refractivity (Wildman–Crippen MR) is 183 cm³/mol. The first-order valence-electron chi connectivity index (χ1n) is 16.7. The molecule has 0 fully saturated rings. The van der Waals surface area contributed by atoms with Crippen LogP contribution in [0.25, 0.3) is 0 Å². The number of carbonyl (C=O) groups is 5. The molecule has 6 atom stereocenters. The predicted octanol–water partition coefficient (Wildman–Crippen LogP) is 1.32. The van der Waals surface area contributed by atoms with Crippen molar-refractivity contribution < 1.29 is 37.5 Å². The van der Waals surface area contributed by atoms with Crippen molar-refractivity contribution >= 4 is 39.6 Å². The Labute approximate surface area is 285 Å². The van der Waals surface area contributed by atoms with Crippen molar-refractivity contribution in [2.24, 2.45) is 22.9 Å². The number of hydrogen-bond acceptors (Lipinski definition) is 8. The zero-order chi connectivity index (χ0) is 36.8. The number of benzene rings is 1. The molecule has 14 nitrogen and oxygen atoms in total. The van der Waals surface area contributed by atoms with Gasteiger partial charge in [0.25, 0.3) is 5.91 Å². The van der Waals surface area contributed by atoms with Gasteiger partial charge < -0.3 is 31.7 Å². The highest BCUT2D eigenvalue weighted by Crippen LogP contribution is 2.15. The van der Waals surface area contributed by atoms with Gasteiger partial charge in [0.1, 0.15) is 18.1 Å². The lowest BCUT2D eigenvalue weighted by Gasteiger charge is -2.30. The minimum absolute atomic E-state index is 0.0370. The highest BCUT2D eigenvalue weighted by Gasteiger charge is 2.33. The number of aliphatic hydroxyl groups is 1. The molecule has 0 radical (unpaired) electrons. The van der Waals surface area contributed by atoms with Gasteiger partial charge in [0.2, 0.25) is 33.7 Å². The van der Waals surface area contributed by atoms with Gasteiger partial charge in [-0.1, -0.05) is 61.3 Å². The number of likely N-dealkylation sites (N-methyl/N-ethyl adjacent to an activating group) is 1. The van der Waals surface area contributed by atoms with Crippen LogP contribution in [0.3, 0.4) is 0 Å². The number of aliphatic hydroxyl groups excluding tert-OH is 1. The van der Waals surface area contributed by atoms with Crippen molar-refractivity contribution in [2.75, 3.05) is 6.54 Å². The molecule has 1 aromatic carbocycles. The van der Waals surface area contributed by atoms with Crippen LogP contribution in [0.1, 0.15) is 97.9 Å². The van der Waals surface area contributed by atoms with Crippen LogP contribution in [0.15, 0.2) is 29.2 Å². The van der Waals surface area contributed by atoms with E-state index in [1.54, 1.807) is 27.7 Å². The van der Waals surface area contributed by atoms with Crippen LogP contribution in [0, 0.1) is 17.8 Å². The number of nitrogens with one attached hydrogen (secondary N) is 5. The fourth-order valence-electron chi connectivity index (χ4n) is 5.03. The maximum atomic E-state index is 13.6. The molecule has 0 spiro atoms. The lowest BCUT2D eigenvalue weighted by atomic mass is 9.95. The quantitative estimate of drug-likeness (QED) is 0.105. The van der Waals surface area contributed by atoms with Gasteiger partial charge in [-0.2, -0.15) is 0 Å². The van der Waals surface area contributed by atoms with E-state index in [4.69, 9.17) is 5.14 Å². The molecule has 0 bridgehead atoms. The number of primary sulfonamides is 1. The van der Waals surface area contributed by atoms with Crippen LogP contribution >= 0.6 is 0 Å². The zero-order valence-corrected chi connectivity index (χ0v) is 30.3. The van der Waals surface area contributed by atoms with Crippen molar-refractivity contribution in [2.45, 2.75) is 123 Å². The third-order valence-corrected chi connectivity index (χ3v) is 8.90. The van der Waals surface area contributed by atoms with Gasteiger partial charge in [-0.3, -0.25) is 24.0 Å². The Morgan fingerprint density at radius 2 is 1.42 bits per heavy atom. The third-order valence-electron chi connectivity index (χ3n) is 7.97. The highest BCUT2D eigenvalue weighted by molar-refractivity contribution is 7.89. The van der Waals surface area contributed by atoms with E-state index in [1.807, 2.05) is 27.7 Å². The van der Waals surface area contributed by atoms with E-state index in [9.17, 15) is 37.5 Å². The van der Waals surface area contributed by atoms with E-state index in [2.05, 4.69) is 26.6 Å². The Morgan fingerprint density at radius 1 is 0.812 bits per heavy atom. The summed E-state index contributed by atoms with van der Waals surface area (Å²) < 4.78 is 23.1. The van der Waals surface area contributed by atoms with Crippen LogP contribution in [0.5, 0.6) is 0 Å². The van der Waals surface area contributed by atoms with E-state index in [0.717, 1.165) is 0 Å². The highest BCUT2D eigenvalue weighted by atomic mass is 32.2. The zero-order valence-electron chi connectivity index (χ0n) is 29.5. The number of hydrogen-bond donors (Lipinski definition) is 7. The topological polar surface area (TPSA) is 226 Å². The molecule has 15 heteroatoms. The molecule has 8 N–H and O–H groups in total. The Hall–Kier alpha value is -3.56. The first-order valence-corrected chi connectivity index (χ1v) is 18.2. The molecular weight excluding hydrogens is 640 g/mol. The molecule has 0 aliphatic carbocycles. The van der Waals surface area contributed by atoms with E-state index in [0.29, 0.717) is 25.8 Å². The molecule has 0 aliphatic heterocycles. The van der Waals surface area contributed by atoms with Gasteiger partial charge in [-0.25, -0.2) is 13.6 Å². The molecule has 5 amide bonds. The van der Waals surface area contributed by atoms with Crippen molar-refractivity contribution in [1.29, 1.82) is 0 Å². The Kier molecular flexibility index (Phi) is 17.8. The fourth-order valence-corrected chi connectivity index (χ4v) is 5.54. The third kappa shape index (κ3) is 13.9. The molecule has 48 heavy (non-hydrogen) atoms. The molecule has 0 saturated carbocycles. The normalized spacial score (nSPS) is 15.4. The summed E-state index contributed by atoms with van der Waals surface area (Å²) in [6.07, 6.45) is 0.0323. The number of sulfonamides is 1. The van der Waals surface area contributed by atoms with Crippen LogP contribution in [0.2, 0.25) is 0 Å². The van der Waals surface area contributed by atoms with Crippen LogP contribution in [0.4, 0.5) is 0 Å². The van der Waals surface area contributed by atoms with E-state index < -0.39 is 63.9 Å². The average Bonchev–Trinajstić information content (AvgIpc) is 3.00. The smallest absolute Gasteiger partial charge is 0.251 e. The summed E-state index contributed by atoms with van der Waals surface area (Å²) >= 11 is 0. The van der Waals surface area contributed by atoms with E-state index in [-0.39, 0.29) is 47.0 Å². The van der Waals surface area contributed by atoms with Gasteiger partial charge in [0.05, 0.1) is 23.5 Å². The second-order valence-electron chi connectivity index (χ2n) is 13.0. The number of nitrogens with two attached hydrogens (primary N) is 1. The molecule has 0 unspecified atom stereocenters. The van der Waals surface area contributed by atoms with Crippen molar-refractivity contribution in [3.63, 3.8) is 0 Å². The van der Waals surface area contributed by atoms with Gasteiger partial charge in [-0.05, 0) is 61.8 Å². The van der Waals surface area contributed by atoms with Crippen LogP contribution in [-0.4, -0.2) is 79.9 Å². The lowest BCUT2D eigenvalue weighted by Crippen LogP contribution is -2.58. The first-order chi connectivity index (χ1) is 22.4. The Balaban J connectivity index is 3.10. The molecule has 0 heterocycles. The molecular formula is C33H56N6O8S. The fraction of sp³-hybridized carbons (Fsp3) is 0.667. The minimum atomic E-state index is -3.95. The molecule has 0 aliphatic rings. The van der Waals surface area contributed by atoms with Crippen LogP contribution < -0.4 is 31.7 Å². The standard InChI is InChI=1S/C33H56N6O8S/c1-9-12-24(36-33(45)29(21(8)10-2)39-30(42)22-13-15-23(16-14-22)48(34,46)47)31(43)37-25(17-19(4)5)26(40)18-27(41)38-28(20(6)7)32(44)35-11-3/h13-16,19-21,24-26,28-29,40H,9-12,17-18H2,1-8H3,(H,35,44)(H,36,45)(H,37,43)(H,38,41)(H,39,42)(H2,34,46,47)/t21-,24-,25-,26-,28-,29-/m0/s1. The van der Waals surface area contributed by atoms with Crippen molar-refractivity contribution in [1.82, 2.24) is 26.6 Å². The summed E-state index contributed by atoms with van der Waals surface area (Å²) in [6.45, 7) is 15.1. The van der Waals surface area contributed by atoms with Gasteiger partial charge in [0, 0.05) is 12.1 Å². The minimum Gasteiger partial charge on any atom is -0.390 e. The monoisotopic (exact) mass is 696 g/mol. The first kappa shape index (κ1) is 42.5. The van der Waals surface area contributed by atoms with Crippen molar-refractivity contribution in [3.8, 4) is 0 Å². The van der Waals surface area contributed by atoms with Gasteiger partial charge in [0.15, 0.2) is 0 Å². The summed E-state index contributed by atoms with van der Waals surface area (Å²) in [5, 5.41) is 29.9. The largest absolute Gasteiger partial charge is 0.390 e. The molecule has 1 aromatic rings. The second-order valence-corrected chi connectivity index (χ2v) is 14.5. The van der Waals surface area contributed by atoms with Gasteiger partial charge in [-0.15, -0.1) is 0 Å². The second kappa shape index (κ2) is 20.1. The van der Waals surface area contributed by atoms with Crippen molar-refractivity contribution in [3.05, 3.63) is 29.8 Å². The Morgan fingerprint density at radius 3 is 1.90 bits per heavy atom. The van der Waals surface area contributed by atoms with Crippen LogP contribution in [-0.2, 0) is 29.2 Å². The summed E-state index contributed by atoms with van der Waals surface area (Å²) in [6, 6.07) is 1.34. The van der Waals surface area contributed by atoms with Gasteiger partial charge >= 0.3 is 0 Å². The summed E-state index contributed by atoms with van der Waals surface area (Å²) in [7, 11) is -3.95. The number of carbonyl (C=O) groups excluding carboxylic acids is 5.